The Labute approximate surface area is 50.6 Å². The highest BCUT2D eigenvalue weighted by Gasteiger charge is 1.96. The van der Waals surface area contributed by atoms with Crippen LogP contribution in [0.2, 0.25) is 5.28 Å². The van der Waals surface area contributed by atoms with Gasteiger partial charge in [0.2, 0.25) is 0 Å². The largest absolute Gasteiger partial charge is 0.400 e. The monoisotopic (exact) mass is 114 g/mol. The van der Waals surface area contributed by atoms with Crippen molar-refractivity contribution in [3.63, 3.8) is 0 Å². The quantitative estimate of drug-likeness (QED) is 0.393. The van der Waals surface area contributed by atoms with Crippen molar-refractivity contribution in [2.45, 2.75) is 5.28 Å². The Morgan fingerprint density at radius 1 is 1.14 bits per heavy atom. The minimum Gasteiger partial charge on any atom is -0.400 e. The van der Waals surface area contributed by atoms with Crippen LogP contribution in [0.4, 0.5) is 0 Å². The average molecular weight is 114 g/mol. The molecule has 0 aromatic carbocycles. The Hall–Kier alpha value is 0.452. The van der Waals surface area contributed by atoms with Gasteiger partial charge in [0.25, 0.3) is 0 Å². The molecular weight excluding hydrogens is 103 g/mol. The minimum absolute atomic E-state index is 0.161. The van der Waals surface area contributed by atoms with Crippen LogP contribution in [0.5, 0.6) is 0 Å². The molecule has 0 bridgehead atoms. The summed E-state index contributed by atoms with van der Waals surface area (Å²) in [5.41, 5.74) is 0. The maximum Gasteiger partial charge on any atom is 0.345 e. The predicted octanol–water partition coefficient (Wildman–Crippen LogP) is -1.05. The average Bonchev–Trinajstić information content (AvgIpc) is 1.90. The van der Waals surface area contributed by atoms with Crippen LogP contribution in [0.25, 0.3) is 0 Å². The first-order chi connectivity index (χ1) is 3.50. The molecule has 7 heavy (non-hydrogen) atoms. The van der Waals surface area contributed by atoms with Gasteiger partial charge in [0.1, 0.15) is 0 Å². The first-order valence-electron chi connectivity index (χ1n) is 2.91. The molecule has 0 aromatic heterocycles. The van der Waals surface area contributed by atoms with E-state index in [-0.39, 0.29) is 15.4 Å². The van der Waals surface area contributed by atoms with Crippen LogP contribution in [0.15, 0.2) is 0 Å². The number of hydrogen-bond acceptors (Lipinski definition) is 2. The standard InChI is InChI=1S/C4H10N2.Al.H/c1-2-6-4-3-5;;/h5-6H,1-4H2;;/q-1;+1;. The van der Waals surface area contributed by atoms with Gasteiger partial charge < -0.3 is 9.62 Å². The van der Waals surface area contributed by atoms with Crippen molar-refractivity contribution in [1.82, 2.24) is 9.62 Å². The van der Waals surface area contributed by atoms with Gasteiger partial charge in [0.05, 0.1) is 0 Å². The van der Waals surface area contributed by atoms with Gasteiger partial charge in [-0.15, -0.1) is 0 Å². The summed E-state index contributed by atoms with van der Waals surface area (Å²) < 4.78 is 3.42. The summed E-state index contributed by atoms with van der Waals surface area (Å²) in [4.78, 5) is 0. The van der Waals surface area contributed by atoms with E-state index in [0.29, 0.717) is 0 Å². The smallest absolute Gasteiger partial charge is 0.345 e. The summed E-state index contributed by atoms with van der Waals surface area (Å²) in [5, 5.41) is 4.74. The lowest BCUT2D eigenvalue weighted by atomic mass is 10.6. The fourth-order valence-corrected chi connectivity index (χ4v) is 1.87. The molecule has 0 aromatic rings. The fraction of sp³-hybridized carbons (Fsp3) is 1.00. The molecule has 0 aliphatic carbocycles. The van der Waals surface area contributed by atoms with E-state index in [1.807, 2.05) is 0 Å². The van der Waals surface area contributed by atoms with Crippen LogP contribution in [-0.4, -0.2) is 35.1 Å². The van der Waals surface area contributed by atoms with Gasteiger partial charge in [-0.05, 0) is 13.1 Å². The molecule has 0 amide bonds. The lowest BCUT2D eigenvalue weighted by molar-refractivity contribution is 0.729. The van der Waals surface area contributed by atoms with E-state index in [0.717, 1.165) is 0 Å². The highest BCUT2D eigenvalue weighted by Crippen LogP contribution is 1.74. The van der Waals surface area contributed by atoms with Crippen LogP contribution in [0.1, 0.15) is 0 Å². The van der Waals surface area contributed by atoms with Gasteiger partial charge in [-0.25, -0.2) is 0 Å². The molecule has 1 fully saturated rings. The molecule has 0 unspecified atom stereocenters. The summed E-state index contributed by atoms with van der Waals surface area (Å²) in [7, 11) is 0. The Bertz CT molecular complexity index is 29.3. The van der Waals surface area contributed by atoms with E-state index in [9.17, 15) is 0 Å². The van der Waals surface area contributed by atoms with E-state index in [4.69, 9.17) is 0 Å². The molecule has 0 saturated carbocycles. The van der Waals surface area contributed by atoms with E-state index < -0.39 is 0 Å². The van der Waals surface area contributed by atoms with Crippen LogP contribution in [-0.2, 0) is 0 Å². The van der Waals surface area contributed by atoms with Gasteiger partial charge in [-0.2, -0.15) is 0 Å². The summed E-state index contributed by atoms with van der Waals surface area (Å²) in [6.45, 7) is 3.62. The second-order valence-electron chi connectivity index (χ2n) is 1.85. The molecule has 2 nitrogen and oxygen atoms in total. The first kappa shape index (κ1) is 5.59. The van der Waals surface area contributed by atoms with Crippen molar-refractivity contribution < 1.29 is 0 Å². The first-order valence-corrected chi connectivity index (χ1v) is 4.62. The Kier molecular flexibility index (Phi) is 2.76. The van der Waals surface area contributed by atoms with Crippen LogP contribution < -0.4 is 9.62 Å². The number of nitrogens with one attached hydrogen (secondary N) is 2. The summed E-state index contributed by atoms with van der Waals surface area (Å²) in [5.74, 6) is 0. The van der Waals surface area contributed by atoms with Gasteiger partial charge in [-0.1, -0.05) is 5.28 Å². The van der Waals surface area contributed by atoms with E-state index in [1.165, 1.54) is 24.9 Å². The Balaban J connectivity index is 2.04. The van der Waals surface area contributed by atoms with Crippen molar-refractivity contribution >= 4 is 15.4 Å². The third-order valence-corrected chi connectivity index (χ3v) is 2.60. The van der Waals surface area contributed by atoms with Crippen LogP contribution in [0, 0.1) is 0 Å². The molecule has 0 atom stereocenters. The maximum atomic E-state index is 3.42. The third kappa shape index (κ3) is 2.30. The molecule has 1 saturated heterocycles. The number of rotatable bonds is 0. The van der Waals surface area contributed by atoms with Crippen LogP contribution in [0.3, 0.4) is 0 Å². The van der Waals surface area contributed by atoms with E-state index in [1.54, 1.807) is 0 Å². The molecule has 1 rings (SSSR count). The molecule has 3 heteroatoms. The molecule has 1 aliphatic rings. The van der Waals surface area contributed by atoms with Crippen molar-refractivity contribution in [3.8, 4) is 0 Å². The van der Waals surface area contributed by atoms with Crippen molar-refractivity contribution in [2.24, 2.45) is 0 Å². The maximum absolute atomic E-state index is 3.42. The molecule has 0 spiro atoms. The molecular formula is C4H11AlN2. The third-order valence-electron chi connectivity index (χ3n) is 1.19. The molecule has 1 heterocycles. The summed E-state index contributed by atoms with van der Waals surface area (Å²) in [6, 6.07) is 0. The van der Waals surface area contributed by atoms with Crippen molar-refractivity contribution in [2.75, 3.05) is 19.6 Å². The molecule has 40 valence electrons. The van der Waals surface area contributed by atoms with Crippen molar-refractivity contribution in [1.29, 1.82) is 0 Å². The van der Waals surface area contributed by atoms with Gasteiger partial charge in [0.15, 0.2) is 0 Å². The van der Waals surface area contributed by atoms with Gasteiger partial charge in [0, 0.05) is 6.54 Å². The second-order valence-corrected chi connectivity index (χ2v) is 3.56. The van der Waals surface area contributed by atoms with Crippen LogP contribution >= 0.6 is 0 Å². The van der Waals surface area contributed by atoms with Gasteiger partial charge >= 0.3 is 15.4 Å². The topological polar surface area (TPSA) is 24.1 Å². The molecule has 0 radical (unpaired) electrons. The zero-order valence-electron chi connectivity index (χ0n) is 4.54. The summed E-state index contributed by atoms with van der Waals surface area (Å²) >= 11 is 0.161. The molecule has 2 N–H and O–H groups in total. The number of hydrogen-bond donors (Lipinski definition) is 2. The minimum atomic E-state index is 0.161. The fourth-order valence-electron chi connectivity index (χ4n) is 0.765. The molecule has 1 aliphatic heterocycles. The Morgan fingerprint density at radius 3 is 3.14 bits per heavy atom. The zero-order valence-corrected chi connectivity index (χ0v) is 5.95. The van der Waals surface area contributed by atoms with E-state index >= 15 is 0 Å². The lowest BCUT2D eigenvalue weighted by Gasteiger charge is -1.93. The Morgan fingerprint density at radius 2 is 2.14 bits per heavy atom. The zero-order chi connectivity index (χ0) is 4.95. The summed E-state index contributed by atoms with van der Waals surface area (Å²) in [6.07, 6.45) is 0. The van der Waals surface area contributed by atoms with Crippen molar-refractivity contribution in [3.05, 3.63) is 0 Å². The normalized spacial score (nSPS) is 22.9. The van der Waals surface area contributed by atoms with Gasteiger partial charge in [-0.3, -0.25) is 0 Å². The van der Waals surface area contributed by atoms with E-state index in [2.05, 4.69) is 9.62 Å². The predicted molar refractivity (Wildman–Crippen MR) is 32.8 cm³/mol. The second kappa shape index (κ2) is 3.45. The highest BCUT2D eigenvalue weighted by atomic mass is 27.1. The highest BCUT2D eigenvalue weighted by molar-refractivity contribution is 6.32. The lowest BCUT2D eigenvalue weighted by Crippen LogP contribution is -2.22. The SMILES string of the molecule is C1C[NH][AlH][CH2]CN1.